The van der Waals surface area contributed by atoms with Crippen LogP contribution in [0.4, 0.5) is 10.5 Å². The summed E-state index contributed by atoms with van der Waals surface area (Å²) in [5, 5.41) is 17.7. The molecule has 1 aromatic heterocycles. The maximum Gasteiger partial charge on any atom is 0.508 e. The van der Waals surface area contributed by atoms with E-state index in [1.165, 1.54) is 39.5 Å². The molecule has 12 nitrogen and oxygen atoms in total. The van der Waals surface area contributed by atoms with Gasteiger partial charge in [-0.05, 0) is 30.4 Å². The molecule has 0 bridgehead atoms. The standard InChI is InChI=1S/C22H22N2O10/c1-29-15-5-4-11-8-13(20(26)33-17(11)18(15)30-2)23-19(25)14-10-22(28)7-6-12(32-21(27)31-3)9-16(22)34-24-14/h4-8,12,16,28H,9-10H2,1-3H3,(H,23,25)/t12-,16+,22-/m1/s1. The second-order valence-corrected chi connectivity index (χ2v) is 7.63. The smallest absolute Gasteiger partial charge is 0.493 e. The van der Waals surface area contributed by atoms with Crippen LogP contribution in [0.25, 0.3) is 11.0 Å². The number of fused-ring (bicyclic) bond motifs is 2. The first kappa shape index (κ1) is 23.1. The van der Waals surface area contributed by atoms with Crippen LogP contribution in [-0.2, 0) is 19.1 Å². The number of hydrogen-bond donors (Lipinski definition) is 2. The first-order chi connectivity index (χ1) is 16.3. The molecule has 2 heterocycles. The lowest BCUT2D eigenvalue weighted by molar-refractivity contribution is -0.120. The zero-order chi connectivity index (χ0) is 24.5. The number of nitrogens with zero attached hydrogens (tertiary/aromatic N) is 1. The summed E-state index contributed by atoms with van der Waals surface area (Å²) in [7, 11) is 4.05. The number of hydrogen-bond acceptors (Lipinski definition) is 11. The predicted octanol–water partition coefficient (Wildman–Crippen LogP) is 1.74. The highest BCUT2D eigenvalue weighted by Gasteiger charge is 2.46. The first-order valence-corrected chi connectivity index (χ1v) is 10.2. The van der Waals surface area contributed by atoms with Crippen LogP contribution >= 0.6 is 0 Å². The fraction of sp³-hybridized carbons (Fsp3) is 0.364. The van der Waals surface area contributed by atoms with Gasteiger partial charge in [-0.25, -0.2) is 9.59 Å². The second kappa shape index (κ2) is 9.06. The third-order valence-electron chi connectivity index (χ3n) is 5.51. The predicted molar refractivity (Wildman–Crippen MR) is 117 cm³/mol. The van der Waals surface area contributed by atoms with E-state index in [0.29, 0.717) is 11.1 Å². The van der Waals surface area contributed by atoms with Gasteiger partial charge in [0.15, 0.2) is 17.4 Å². The minimum atomic E-state index is -1.55. The molecule has 1 amide bonds. The van der Waals surface area contributed by atoms with Gasteiger partial charge in [-0.15, -0.1) is 0 Å². The van der Waals surface area contributed by atoms with E-state index in [2.05, 4.69) is 15.2 Å². The summed E-state index contributed by atoms with van der Waals surface area (Å²) in [6.07, 6.45) is 0.398. The van der Waals surface area contributed by atoms with E-state index in [1.807, 2.05) is 0 Å². The Balaban J connectivity index is 1.52. The Hall–Kier alpha value is -4.06. The van der Waals surface area contributed by atoms with Crippen molar-refractivity contribution < 1.29 is 42.9 Å². The molecule has 2 N–H and O–H groups in total. The Morgan fingerprint density at radius 3 is 2.74 bits per heavy atom. The number of carbonyl (C=O) groups excluding carboxylic acids is 2. The fourth-order valence-electron chi connectivity index (χ4n) is 3.77. The van der Waals surface area contributed by atoms with Gasteiger partial charge in [0.25, 0.3) is 5.91 Å². The molecule has 0 radical (unpaired) electrons. The second-order valence-electron chi connectivity index (χ2n) is 7.63. The van der Waals surface area contributed by atoms with Crippen LogP contribution < -0.4 is 20.4 Å². The zero-order valence-corrected chi connectivity index (χ0v) is 18.5. The van der Waals surface area contributed by atoms with Crippen molar-refractivity contribution in [3.8, 4) is 11.5 Å². The summed E-state index contributed by atoms with van der Waals surface area (Å²) >= 11 is 0. The molecular formula is C22H22N2O10. The summed E-state index contributed by atoms with van der Waals surface area (Å²) in [6.45, 7) is 0. The van der Waals surface area contributed by atoms with Gasteiger partial charge < -0.3 is 38.6 Å². The van der Waals surface area contributed by atoms with Crippen molar-refractivity contribution in [3.05, 3.63) is 40.8 Å². The molecule has 0 saturated heterocycles. The van der Waals surface area contributed by atoms with Crippen LogP contribution in [-0.4, -0.2) is 62.0 Å². The van der Waals surface area contributed by atoms with E-state index in [1.54, 1.807) is 12.1 Å². The van der Waals surface area contributed by atoms with E-state index in [-0.39, 0.29) is 35.6 Å². The highest BCUT2D eigenvalue weighted by molar-refractivity contribution is 6.43. The summed E-state index contributed by atoms with van der Waals surface area (Å²) in [5.74, 6) is -0.126. The minimum Gasteiger partial charge on any atom is -0.493 e. The number of carbonyl (C=O) groups is 2. The normalized spacial score (nSPS) is 23.2. The Morgan fingerprint density at radius 1 is 1.24 bits per heavy atom. The molecule has 12 heteroatoms. The van der Waals surface area contributed by atoms with E-state index < -0.39 is 35.5 Å². The molecule has 0 unspecified atom stereocenters. The molecule has 0 fully saturated rings. The van der Waals surface area contributed by atoms with Gasteiger partial charge in [0.05, 0.1) is 21.3 Å². The lowest BCUT2D eigenvalue weighted by Crippen LogP contribution is -2.52. The number of nitrogens with one attached hydrogen (secondary N) is 1. The minimum absolute atomic E-state index is 0.111. The van der Waals surface area contributed by atoms with Gasteiger partial charge in [-0.1, -0.05) is 5.16 Å². The van der Waals surface area contributed by atoms with Crippen LogP contribution in [0.5, 0.6) is 11.5 Å². The third-order valence-corrected chi connectivity index (χ3v) is 5.51. The van der Waals surface area contributed by atoms with Crippen molar-refractivity contribution in [2.75, 3.05) is 26.6 Å². The number of methoxy groups -OCH3 is 3. The van der Waals surface area contributed by atoms with Crippen molar-refractivity contribution in [3.63, 3.8) is 0 Å². The third kappa shape index (κ3) is 4.27. The molecule has 34 heavy (non-hydrogen) atoms. The first-order valence-electron chi connectivity index (χ1n) is 10.2. The van der Waals surface area contributed by atoms with Gasteiger partial charge >= 0.3 is 11.8 Å². The van der Waals surface area contributed by atoms with Crippen LogP contribution in [0.3, 0.4) is 0 Å². The van der Waals surface area contributed by atoms with Gasteiger partial charge in [0.1, 0.15) is 23.1 Å². The number of rotatable bonds is 5. The fourth-order valence-corrected chi connectivity index (χ4v) is 3.77. The van der Waals surface area contributed by atoms with Crippen LogP contribution in [0.1, 0.15) is 12.8 Å². The van der Waals surface area contributed by atoms with Crippen LogP contribution in [0.2, 0.25) is 0 Å². The summed E-state index contributed by atoms with van der Waals surface area (Å²) in [4.78, 5) is 41.9. The lowest BCUT2D eigenvalue weighted by atomic mass is 9.82. The quantitative estimate of drug-likeness (QED) is 0.372. The Morgan fingerprint density at radius 2 is 2.03 bits per heavy atom. The average Bonchev–Trinajstić information content (AvgIpc) is 2.83. The topological polar surface area (TPSA) is 155 Å². The molecule has 1 aliphatic heterocycles. The van der Waals surface area contributed by atoms with E-state index in [9.17, 15) is 19.5 Å². The Labute approximate surface area is 192 Å². The van der Waals surface area contributed by atoms with Gasteiger partial charge in [0.2, 0.25) is 5.75 Å². The Bertz CT molecular complexity index is 1250. The molecule has 180 valence electrons. The highest BCUT2D eigenvalue weighted by Crippen LogP contribution is 2.36. The number of ether oxygens (including phenoxy) is 4. The van der Waals surface area contributed by atoms with Crippen molar-refractivity contribution in [1.82, 2.24) is 0 Å². The van der Waals surface area contributed by atoms with Crippen LogP contribution in [0, 0.1) is 0 Å². The van der Waals surface area contributed by atoms with Crippen molar-refractivity contribution in [2.45, 2.75) is 30.7 Å². The summed E-state index contributed by atoms with van der Waals surface area (Å²) in [6, 6.07) is 4.70. The number of amides is 1. The molecule has 0 spiro atoms. The SMILES string of the molecule is COC(=O)O[C@@H]1C=C[C@@]2(O)CC(C(=O)Nc3cc4ccc(OC)c(OC)c4oc3=O)=NO[C@H]2C1. The van der Waals surface area contributed by atoms with Gasteiger partial charge in [-0.2, -0.15) is 0 Å². The molecular weight excluding hydrogens is 452 g/mol. The van der Waals surface area contributed by atoms with Gasteiger partial charge in [0, 0.05) is 18.2 Å². The molecule has 1 aliphatic carbocycles. The molecule has 2 aliphatic rings. The van der Waals surface area contributed by atoms with E-state index in [0.717, 1.165) is 0 Å². The summed E-state index contributed by atoms with van der Waals surface area (Å²) < 4.78 is 25.3. The van der Waals surface area contributed by atoms with E-state index >= 15 is 0 Å². The van der Waals surface area contributed by atoms with Crippen molar-refractivity contribution >= 4 is 34.4 Å². The maximum atomic E-state index is 12.8. The van der Waals surface area contributed by atoms with Gasteiger partial charge in [-0.3, -0.25) is 4.79 Å². The molecule has 4 rings (SSSR count). The van der Waals surface area contributed by atoms with E-state index in [4.69, 9.17) is 23.5 Å². The molecule has 1 aromatic carbocycles. The molecule has 2 aromatic rings. The largest absolute Gasteiger partial charge is 0.508 e. The molecule has 3 atom stereocenters. The lowest BCUT2D eigenvalue weighted by Gasteiger charge is -2.39. The van der Waals surface area contributed by atoms with Crippen molar-refractivity contribution in [1.29, 1.82) is 0 Å². The Kier molecular flexibility index (Phi) is 6.16. The number of aliphatic hydroxyl groups is 1. The highest BCUT2D eigenvalue weighted by atomic mass is 16.7. The van der Waals surface area contributed by atoms with Crippen LogP contribution in [0.15, 0.2) is 44.7 Å². The van der Waals surface area contributed by atoms with Crippen molar-refractivity contribution in [2.24, 2.45) is 5.16 Å². The summed E-state index contributed by atoms with van der Waals surface area (Å²) in [5.41, 5.74) is -2.48. The number of oxime groups is 1. The number of benzene rings is 1. The monoisotopic (exact) mass is 474 g/mol. The number of anilines is 1. The average molecular weight is 474 g/mol. The zero-order valence-electron chi connectivity index (χ0n) is 18.5. The molecule has 0 saturated carbocycles. The maximum absolute atomic E-state index is 12.8.